The van der Waals surface area contributed by atoms with Crippen LogP contribution in [0.25, 0.3) is 0 Å². The van der Waals surface area contributed by atoms with Crippen LogP contribution in [0.4, 0.5) is 9.18 Å². The summed E-state index contributed by atoms with van der Waals surface area (Å²) in [6.07, 6.45) is 0.393. The van der Waals surface area contributed by atoms with Crippen molar-refractivity contribution in [3.8, 4) is 0 Å². The van der Waals surface area contributed by atoms with Crippen LogP contribution in [-0.4, -0.2) is 48.9 Å². The van der Waals surface area contributed by atoms with E-state index in [4.69, 9.17) is 4.74 Å². The molecule has 4 nitrogen and oxygen atoms in total. The van der Waals surface area contributed by atoms with Gasteiger partial charge in [-0.15, -0.1) is 0 Å². The van der Waals surface area contributed by atoms with Crippen molar-refractivity contribution in [2.45, 2.75) is 44.9 Å². The van der Waals surface area contributed by atoms with Crippen LogP contribution in [0.15, 0.2) is 0 Å². The van der Waals surface area contributed by atoms with E-state index < -0.39 is 11.3 Å². The maximum absolute atomic E-state index is 14.1. The van der Waals surface area contributed by atoms with Crippen LogP contribution in [0.2, 0.25) is 0 Å². The Kier molecular flexibility index (Phi) is 4.36. The molecule has 0 atom stereocenters. The monoisotopic (exact) mass is 246 g/mol. The van der Waals surface area contributed by atoms with E-state index in [-0.39, 0.29) is 6.09 Å². The number of amides is 1. The molecule has 0 saturated carbocycles. The van der Waals surface area contributed by atoms with Crippen molar-refractivity contribution in [3.05, 3.63) is 0 Å². The number of rotatable bonds is 2. The standard InChI is InChI=1S/C12H23FN2O2/c1-11(2,3)17-10(16)15-7-5-12(13,6-8-15)9-14-4/h14H,5-9H2,1-4H3. The number of nitrogens with zero attached hydrogens (tertiary/aromatic N) is 1. The maximum Gasteiger partial charge on any atom is 0.410 e. The summed E-state index contributed by atoms with van der Waals surface area (Å²) in [5, 5.41) is 2.85. The normalized spacial score (nSPS) is 20.2. The fourth-order valence-electron chi connectivity index (χ4n) is 1.91. The van der Waals surface area contributed by atoms with Gasteiger partial charge in [0.2, 0.25) is 0 Å². The third-order valence-corrected chi connectivity index (χ3v) is 2.80. The van der Waals surface area contributed by atoms with Gasteiger partial charge in [0.05, 0.1) is 0 Å². The summed E-state index contributed by atoms with van der Waals surface area (Å²) in [5.41, 5.74) is -1.68. The van der Waals surface area contributed by atoms with Gasteiger partial charge in [-0.2, -0.15) is 0 Å². The molecule has 0 aromatic heterocycles. The fourth-order valence-corrected chi connectivity index (χ4v) is 1.91. The number of halogens is 1. The highest BCUT2D eigenvalue weighted by molar-refractivity contribution is 5.68. The Morgan fingerprint density at radius 3 is 2.35 bits per heavy atom. The molecule has 0 bridgehead atoms. The van der Waals surface area contributed by atoms with Gasteiger partial charge in [-0.05, 0) is 27.8 Å². The van der Waals surface area contributed by atoms with Crippen molar-refractivity contribution in [2.24, 2.45) is 0 Å². The minimum absolute atomic E-state index is 0.342. The zero-order valence-corrected chi connectivity index (χ0v) is 11.2. The molecular formula is C12H23FN2O2. The molecule has 0 spiro atoms. The van der Waals surface area contributed by atoms with Crippen LogP contribution in [0, 0.1) is 0 Å². The number of hydrogen-bond donors (Lipinski definition) is 1. The third-order valence-electron chi connectivity index (χ3n) is 2.80. The smallest absolute Gasteiger partial charge is 0.410 e. The van der Waals surface area contributed by atoms with Gasteiger partial charge >= 0.3 is 6.09 Å². The Bertz CT molecular complexity index is 268. The summed E-state index contributed by atoms with van der Waals surface area (Å²) >= 11 is 0. The topological polar surface area (TPSA) is 41.6 Å². The Labute approximate surface area is 102 Å². The summed E-state index contributed by atoms with van der Waals surface area (Å²) in [7, 11) is 1.74. The average molecular weight is 246 g/mol. The lowest BCUT2D eigenvalue weighted by molar-refractivity contribution is 0.00381. The molecule has 1 fully saturated rings. The van der Waals surface area contributed by atoms with Crippen LogP contribution in [0.5, 0.6) is 0 Å². The number of alkyl halides is 1. The average Bonchev–Trinajstić information content (AvgIpc) is 2.15. The molecule has 1 aliphatic rings. The molecule has 1 saturated heterocycles. The molecule has 0 aromatic rings. The van der Waals surface area contributed by atoms with Gasteiger partial charge in [0, 0.05) is 32.5 Å². The molecule has 1 heterocycles. The van der Waals surface area contributed by atoms with Gasteiger partial charge in [-0.1, -0.05) is 0 Å². The second kappa shape index (κ2) is 5.21. The second-order valence-corrected chi connectivity index (χ2v) is 5.65. The van der Waals surface area contributed by atoms with Crippen molar-refractivity contribution in [2.75, 3.05) is 26.7 Å². The molecular weight excluding hydrogens is 223 g/mol. The molecule has 17 heavy (non-hydrogen) atoms. The van der Waals surface area contributed by atoms with Crippen molar-refractivity contribution in [1.82, 2.24) is 10.2 Å². The van der Waals surface area contributed by atoms with Crippen molar-refractivity contribution in [3.63, 3.8) is 0 Å². The van der Waals surface area contributed by atoms with Gasteiger partial charge in [0.15, 0.2) is 0 Å². The first kappa shape index (κ1) is 14.2. The van der Waals surface area contributed by atoms with Crippen molar-refractivity contribution < 1.29 is 13.9 Å². The molecule has 0 aliphatic carbocycles. The van der Waals surface area contributed by atoms with Crippen molar-refractivity contribution in [1.29, 1.82) is 0 Å². The van der Waals surface area contributed by atoms with E-state index in [0.717, 1.165) is 0 Å². The molecule has 100 valence electrons. The molecule has 1 aliphatic heterocycles. The van der Waals surface area contributed by atoms with Crippen LogP contribution < -0.4 is 5.32 Å². The SMILES string of the molecule is CNCC1(F)CCN(C(=O)OC(C)(C)C)CC1. The largest absolute Gasteiger partial charge is 0.444 e. The van der Waals surface area contributed by atoms with Crippen LogP contribution >= 0.6 is 0 Å². The molecule has 0 radical (unpaired) electrons. The zero-order chi connectivity index (χ0) is 13.1. The summed E-state index contributed by atoms with van der Waals surface area (Å²) in [5.74, 6) is 0. The first-order valence-electron chi connectivity index (χ1n) is 6.07. The first-order chi connectivity index (χ1) is 7.76. The number of likely N-dealkylation sites (tertiary alicyclic amines) is 1. The number of carbonyl (C=O) groups is 1. The summed E-state index contributed by atoms with van der Waals surface area (Å²) in [6, 6.07) is 0. The quantitative estimate of drug-likeness (QED) is 0.809. The molecule has 5 heteroatoms. The first-order valence-corrected chi connectivity index (χ1v) is 6.07. The molecule has 0 aromatic carbocycles. The van der Waals surface area contributed by atoms with E-state index in [0.29, 0.717) is 32.5 Å². The van der Waals surface area contributed by atoms with E-state index in [2.05, 4.69) is 5.32 Å². The number of carbonyl (C=O) groups excluding carboxylic acids is 1. The van der Waals surface area contributed by atoms with Crippen LogP contribution in [-0.2, 0) is 4.74 Å². The lowest BCUT2D eigenvalue weighted by Crippen LogP contribution is -2.49. The number of nitrogens with one attached hydrogen (secondary N) is 1. The zero-order valence-electron chi connectivity index (χ0n) is 11.2. The lowest BCUT2D eigenvalue weighted by Gasteiger charge is -2.36. The highest BCUT2D eigenvalue weighted by atomic mass is 19.1. The highest BCUT2D eigenvalue weighted by Gasteiger charge is 2.36. The lowest BCUT2D eigenvalue weighted by atomic mass is 9.93. The molecule has 1 N–H and O–H groups in total. The molecule has 1 amide bonds. The van der Waals surface area contributed by atoms with E-state index >= 15 is 0 Å². The van der Waals surface area contributed by atoms with E-state index in [1.54, 1.807) is 11.9 Å². The Hall–Kier alpha value is -0.840. The highest BCUT2D eigenvalue weighted by Crippen LogP contribution is 2.26. The Morgan fingerprint density at radius 2 is 1.94 bits per heavy atom. The summed E-state index contributed by atoms with van der Waals surface area (Å²) in [4.78, 5) is 13.3. The minimum Gasteiger partial charge on any atom is -0.444 e. The predicted molar refractivity (Wildman–Crippen MR) is 64.8 cm³/mol. The Morgan fingerprint density at radius 1 is 1.41 bits per heavy atom. The minimum atomic E-state index is -1.19. The Balaban J connectivity index is 2.44. The van der Waals surface area contributed by atoms with Gasteiger partial charge in [-0.3, -0.25) is 0 Å². The molecule has 0 unspecified atom stereocenters. The van der Waals surface area contributed by atoms with Gasteiger partial charge in [-0.25, -0.2) is 9.18 Å². The number of hydrogen-bond acceptors (Lipinski definition) is 3. The third kappa shape index (κ3) is 4.50. The maximum atomic E-state index is 14.1. The van der Waals surface area contributed by atoms with E-state index in [9.17, 15) is 9.18 Å². The van der Waals surface area contributed by atoms with Gasteiger partial charge in [0.1, 0.15) is 11.3 Å². The molecule has 1 rings (SSSR count). The van der Waals surface area contributed by atoms with Crippen molar-refractivity contribution >= 4 is 6.09 Å². The predicted octanol–water partition coefficient (Wildman–Crippen LogP) is 1.94. The summed E-state index contributed by atoms with van der Waals surface area (Å²) in [6.45, 7) is 6.68. The summed E-state index contributed by atoms with van der Waals surface area (Å²) < 4.78 is 19.4. The van der Waals surface area contributed by atoms with Gasteiger partial charge < -0.3 is 15.0 Å². The van der Waals surface area contributed by atoms with Crippen LogP contribution in [0.3, 0.4) is 0 Å². The van der Waals surface area contributed by atoms with Gasteiger partial charge in [0.25, 0.3) is 0 Å². The second-order valence-electron chi connectivity index (χ2n) is 5.65. The number of piperidine rings is 1. The van der Waals surface area contributed by atoms with E-state index in [1.165, 1.54) is 0 Å². The number of ether oxygens (including phenoxy) is 1. The van der Waals surface area contributed by atoms with Crippen LogP contribution in [0.1, 0.15) is 33.6 Å². The fraction of sp³-hybridized carbons (Fsp3) is 0.917. The van der Waals surface area contributed by atoms with E-state index in [1.807, 2.05) is 20.8 Å².